The van der Waals surface area contributed by atoms with Gasteiger partial charge in [-0.1, -0.05) is 12.1 Å². The van der Waals surface area contributed by atoms with Gasteiger partial charge in [-0.2, -0.15) is 0 Å². The zero-order chi connectivity index (χ0) is 25.9. The summed E-state index contributed by atoms with van der Waals surface area (Å²) < 4.78 is 26.7. The zero-order valence-corrected chi connectivity index (χ0v) is 19.6. The molecule has 1 aromatic rings. The lowest BCUT2D eigenvalue weighted by Gasteiger charge is -2.48. The Morgan fingerprint density at radius 3 is 1.91 bits per heavy atom. The van der Waals surface area contributed by atoms with E-state index in [9.17, 15) is 28.8 Å². The molecule has 2 heterocycles. The van der Waals surface area contributed by atoms with E-state index < -0.39 is 66.3 Å². The number of hydrogen-bond acceptors (Lipinski definition) is 11. The Labute approximate surface area is 200 Å². The van der Waals surface area contributed by atoms with E-state index in [1.165, 1.54) is 19.1 Å². The van der Waals surface area contributed by atoms with E-state index in [4.69, 9.17) is 23.7 Å². The van der Waals surface area contributed by atoms with Gasteiger partial charge in [-0.3, -0.25) is 33.7 Å². The first kappa shape index (κ1) is 25.8. The predicted molar refractivity (Wildman–Crippen MR) is 113 cm³/mol. The van der Waals surface area contributed by atoms with E-state index >= 15 is 0 Å². The molecule has 3 atom stereocenters. The van der Waals surface area contributed by atoms with Gasteiger partial charge in [-0.25, -0.2) is 0 Å². The monoisotopic (exact) mass is 491 g/mol. The van der Waals surface area contributed by atoms with E-state index in [0.717, 1.165) is 25.7 Å². The number of nitrogens with zero attached hydrogens (tertiary/aromatic N) is 1. The minimum absolute atomic E-state index is 0.0222. The topological polar surface area (TPSA) is 152 Å². The number of esters is 4. The molecule has 2 amide bonds. The average molecular weight is 491 g/mol. The third-order valence-electron chi connectivity index (χ3n) is 5.35. The third kappa shape index (κ3) is 5.48. The van der Waals surface area contributed by atoms with Crippen LogP contribution in [0.3, 0.4) is 0 Å². The standard InChI is InChI=1S/C23H25NO11/c1-12(25)31-10-9-19-18(24-20(29)16-7-5-6-8-17(16)21(24)30)11-23(34-14(3)27,35-15(4)28)22(33-19)32-13(2)26/h5-8,18-19,22H,9-11H2,1-4H3. The summed E-state index contributed by atoms with van der Waals surface area (Å²) in [6.07, 6.45) is -3.24. The van der Waals surface area contributed by atoms with Gasteiger partial charge in [-0.05, 0) is 12.1 Å². The molecule has 1 fully saturated rings. The molecule has 3 rings (SSSR count). The largest absolute Gasteiger partial charge is 0.466 e. The molecule has 1 aromatic carbocycles. The second-order valence-electron chi connectivity index (χ2n) is 8.04. The van der Waals surface area contributed by atoms with Crippen LogP contribution in [0.25, 0.3) is 0 Å². The van der Waals surface area contributed by atoms with Crippen LogP contribution in [0.15, 0.2) is 24.3 Å². The van der Waals surface area contributed by atoms with Crippen molar-refractivity contribution in [3.63, 3.8) is 0 Å². The molecule has 2 aliphatic rings. The van der Waals surface area contributed by atoms with Crippen molar-refractivity contribution in [3.05, 3.63) is 35.4 Å². The van der Waals surface area contributed by atoms with Crippen LogP contribution >= 0.6 is 0 Å². The fourth-order valence-corrected chi connectivity index (χ4v) is 4.17. The van der Waals surface area contributed by atoms with Crippen molar-refractivity contribution < 1.29 is 52.5 Å². The molecule has 0 radical (unpaired) electrons. The summed E-state index contributed by atoms with van der Waals surface area (Å²) in [4.78, 5) is 74.4. The first-order valence-electron chi connectivity index (χ1n) is 10.8. The van der Waals surface area contributed by atoms with Gasteiger partial charge in [0.1, 0.15) is 0 Å². The van der Waals surface area contributed by atoms with Crippen LogP contribution in [0.2, 0.25) is 0 Å². The summed E-state index contributed by atoms with van der Waals surface area (Å²) >= 11 is 0. The maximum atomic E-state index is 13.2. The lowest BCUT2D eigenvalue weighted by atomic mass is 9.92. The van der Waals surface area contributed by atoms with Crippen LogP contribution in [0.4, 0.5) is 0 Å². The molecule has 12 heteroatoms. The van der Waals surface area contributed by atoms with Gasteiger partial charge in [0.15, 0.2) is 0 Å². The van der Waals surface area contributed by atoms with Gasteiger partial charge in [0.2, 0.25) is 0 Å². The van der Waals surface area contributed by atoms with Crippen LogP contribution in [-0.2, 0) is 42.9 Å². The Morgan fingerprint density at radius 1 is 0.914 bits per heavy atom. The van der Waals surface area contributed by atoms with Crippen LogP contribution in [0.5, 0.6) is 0 Å². The Morgan fingerprint density at radius 2 is 1.46 bits per heavy atom. The van der Waals surface area contributed by atoms with Crippen LogP contribution in [0.1, 0.15) is 61.3 Å². The summed E-state index contributed by atoms with van der Waals surface area (Å²) in [5.41, 5.74) is 0.313. The summed E-state index contributed by atoms with van der Waals surface area (Å²) in [6.45, 7) is 4.21. The molecule has 0 N–H and O–H groups in total. The van der Waals surface area contributed by atoms with E-state index in [2.05, 4.69) is 0 Å². The lowest BCUT2D eigenvalue weighted by Crippen LogP contribution is -2.65. The number of fused-ring (bicyclic) bond motifs is 1. The molecule has 0 bridgehead atoms. The van der Waals surface area contributed by atoms with Gasteiger partial charge in [0, 0.05) is 34.1 Å². The first-order chi connectivity index (χ1) is 16.4. The maximum absolute atomic E-state index is 13.2. The number of hydrogen-bond donors (Lipinski definition) is 0. The minimum Gasteiger partial charge on any atom is -0.466 e. The molecule has 12 nitrogen and oxygen atoms in total. The number of carbonyl (C=O) groups is 6. The second kappa shape index (κ2) is 10.2. The van der Waals surface area contributed by atoms with Crippen molar-refractivity contribution in [2.24, 2.45) is 0 Å². The van der Waals surface area contributed by atoms with Gasteiger partial charge in [-0.15, -0.1) is 0 Å². The van der Waals surface area contributed by atoms with Crippen LogP contribution < -0.4 is 0 Å². The Kier molecular flexibility index (Phi) is 7.54. The molecule has 1 saturated heterocycles. The number of benzene rings is 1. The highest BCUT2D eigenvalue weighted by molar-refractivity contribution is 6.21. The zero-order valence-electron chi connectivity index (χ0n) is 19.6. The number of ether oxygens (including phenoxy) is 5. The maximum Gasteiger partial charge on any atom is 0.321 e. The quantitative estimate of drug-likeness (QED) is 0.233. The summed E-state index contributed by atoms with van der Waals surface area (Å²) in [5.74, 6) is -6.76. The van der Waals surface area contributed by atoms with Crippen molar-refractivity contribution in [1.82, 2.24) is 4.90 Å². The van der Waals surface area contributed by atoms with E-state index in [-0.39, 0.29) is 24.2 Å². The Balaban J connectivity index is 2.06. The number of amides is 2. The van der Waals surface area contributed by atoms with Gasteiger partial charge < -0.3 is 23.7 Å². The highest BCUT2D eigenvalue weighted by atomic mass is 16.8. The van der Waals surface area contributed by atoms with Crippen LogP contribution in [0, 0.1) is 0 Å². The highest BCUT2D eigenvalue weighted by Crippen LogP contribution is 2.40. The molecule has 35 heavy (non-hydrogen) atoms. The summed E-state index contributed by atoms with van der Waals surface area (Å²) in [7, 11) is 0. The van der Waals surface area contributed by atoms with Crippen LogP contribution in [-0.4, -0.2) is 71.4 Å². The van der Waals surface area contributed by atoms with E-state index in [0.29, 0.717) is 0 Å². The Hall–Kier alpha value is -3.80. The smallest absolute Gasteiger partial charge is 0.321 e. The minimum atomic E-state index is -2.29. The SMILES string of the molecule is CC(=O)OCCC1OC(OC(C)=O)C(OC(C)=O)(OC(C)=O)CC1N1C(=O)c2ccccc2C1=O. The van der Waals surface area contributed by atoms with Crippen molar-refractivity contribution in [3.8, 4) is 0 Å². The molecular formula is C23H25NO11. The Bertz CT molecular complexity index is 1010. The van der Waals surface area contributed by atoms with Crippen molar-refractivity contribution in [1.29, 1.82) is 0 Å². The van der Waals surface area contributed by atoms with Crippen molar-refractivity contribution >= 4 is 35.7 Å². The molecule has 0 saturated carbocycles. The fraction of sp³-hybridized carbons (Fsp3) is 0.478. The number of imide groups is 1. The predicted octanol–water partition coefficient (Wildman–Crippen LogP) is 1.10. The summed E-state index contributed by atoms with van der Waals surface area (Å²) in [6, 6.07) is 5.02. The number of carbonyl (C=O) groups excluding carboxylic acids is 6. The third-order valence-corrected chi connectivity index (χ3v) is 5.35. The van der Waals surface area contributed by atoms with Gasteiger partial charge in [0.25, 0.3) is 18.1 Å². The molecule has 0 aromatic heterocycles. The molecule has 0 spiro atoms. The number of rotatable bonds is 7. The van der Waals surface area contributed by atoms with E-state index in [1.54, 1.807) is 12.1 Å². The summed E-state index contributed by atoms with van der Waals surface area (Å²) in [5, 5.41) is 0. The van der Waals surface area contributed by atoms with Crippen molar-refractivity contribution in [2.45, 2.75) is 64.8 Å². The average Bonchev–Trinajstić information content (AvgIpc) is 2.99. The normalized spacial score (nSPS) is 22.7. The second-order valence-corrected chi connectivity index (χ2v) is 8.04. The highest BCUT2D eigenvalue weighted by Gasteiger charge is 2.60. The molecule has 3 unspecified atom stereocenters. The van der Waals surface area contributed by atoms with Gasteiger partial charge >= 0.3 is 29.7 Å². The lowest BCUT2D eigenvalue weighted by molar-refractivity contribution is -0.355. The molecule has 0 aliphatic carbocycles. The first-order valence-corrected chi connectivity index (χ1v) is 10.8. The van der Waals surface area contributed by atoms with E-state index in [1.807, 2.05) is 0 Å². The fourth-order valence-electron chi connectivity index (χ4n) is 4.17. The van der Waals surface area contributed by atoms with Crippen molar-refractivity contribution in [2.75, 3.05) is 6.61 Å². The molecule has 188 valence electrons. The molecular weight excluding hydrogens is 466 g/mol. The molecule has 2 aliphatic heterocycles. The van der Waals surface area contributed by atoms with Gasteiger partial charge in [0.05, 0.1) is 36.3 Å².